The highest BCUT2D eigenvalue weighted by Crippen LogP contribution is 2.28. The smallest absolute Gasteiger partial charge is 0.227 e. The number of aryl methyl sites for hydroxylation is 1. The van der Waals surface area contributed by atoms with Crippen LogP contribution in [-0.2, 0) is 11.2 Å². The number of rotatable bonds is 5. The number of aromatic nitrogens is 2. The lowest BCUT2D eigenvalue weighted by Crippen LogP contribution is -2.30. The van der Waals surface area contributed by atoms with Crippen LogP contribution in [0.4, 0.5) is 5.13 Å². The van der Waals surface area contributed by atoms with Gasteiger partial charge in [-0.2, -0.15) is 0 Å². The Bertz CT molecular complexity index is 798. The van der Waals surface area contributed by atoms with Gasteiger partial charge in [-0.05, 0) is 29.5 Å². The second kappa shape index (κ2) is 6.89. The van der Waals surface area contributed by atoms with E-state index >= 15 is 0 Å². The van der Waals surface area contributed by atoms with Gasteiger partial charge in [0.15, 0.2) is 0 Å². The van der Waals surface area contributed by atoms with E-state index in [2.05, 4.69) is 15.5 Å². The fourth-order valence-corrected chi connectivity index (χ4v) is 3.76. The van der Waals surface area contributed by atoms with Gasteiger partial charge < -0.3 is 11.1 Å². The van der Waals surface area contributed by atoms with Gasteiger partial charge in [-0.15, -0.1) is 21.5 Å². The summed E-state index contributed by atoms with van der Waals surface area (Å²) in [7, 11) is 0. The maximum Gasteiger partial charge on any atom is 0.227 e. The van der Waals surface area contributed by atoms with Gasteiger partial charge in [0, 0.05) is 4.88 Å². The quantitative estimate of drug-likeness (QED) is 0.746. The normalized spacial score (nSPS) is 12.0. The van der Waals surface area contributed by atoms with E-state index in [1.165, 1.54) is 11.3 Å². The fourth-order valence-electron chi connectivity index (χ4n) is 2.36. The number of nitrogen functional groups attached to an aromatic ring is 1. The molecule has 2 aromatic heterocycles. The van der Waals surface area contributed by atoms with Gasteiger partial charge in [-0.25, -0.2) is 0 Å². The zero-order valence-electron chi connectivity index (χ0n) is 12.5. The summed E-state index contributed by atoms with van der Waals surface area (Å²) >= 11 is 2.86. The van der Waals surface area contributed by atoms with E-state index in [0.717, 1.165) is 16.0 Å². The van der Waals surface area contributed by atoms with Crippen molar-refractivity contribution in [3.8, 4) is 0 Å². The van der Waals surface area contributed by atoms with Crippen molar-refractivity contribution >= 4 is 33.7 Å². The van der Waals surface area contributed by atoms with Gasteiger partial charge >= 0.3 is 0 Å². The Kier molecular flexibility index (Phi) is 4.68. The number of carbonyl (C=O) groups is 1. The van der Waals surface area contributed by atoms with Crippen molar-refractivity contribution in [1.29, 1.82) is 0 Å². The van der Waals surface area contributed by atoms with Crippen LogP contribution < -0.4 is 11.1 Å². The molecule has 0 aliphatic rings. The first-order valence-electron chi connectivity index (χ1n) is 7.09. The lowest BCUT2D eigenvalue weighted by Gasteiger charge is -2.19. The lowest BCUT2D eigenvalue weighted by atomic mass is 10.00. The monoisotopic (exact) mass is 344 g/mol. The van der Waals surface area contributed by atoms with E-state index < -0.39 is 0 Å². The van der Waals surface area contributed by atoms with Crippen molar-refractivity contribution < 1.29 is 4.79 Å². The number of carbonyl (C=O) groups excluding carboxylic acids is 1. The highest BCUT2D eigenvalue weighted by atomic mass is 32.1. The molecule has 3 aromatic rings. The second-order valence-electron chi connectivity index (χ2n) is 5.08. The highest BCUT2D eigenvalue weighted by molar-refractivity contribution is 7.15. The molecule has 0 saturated heterocycles. The van der Waals surface area contributed by atoms with Gasteiger partial charge in [-0.1, -0.05) is 41.7 Å². The van der Waals surface area contributed by atoms with Crippen molar-refractivity contribution in [2.24, 2.45) is 0 Å². The molecule has 23 heavy (non-hydrogen) atoms. The Morgan fingerprint density at radius 3 is 2.74 bits per heavy atom. The zero-order valence-corrected chi connectivity index (χ0v) is 14.2. The topological polar surface area (TPSA) is 80.9 Å². The largest absolute Gasteiger partial charge is 0.374 e. The molecule has 0 aliphatic carbocycles. The number of nitrogens with zero attached hydrogens (tertiary/aromatic N) is 2. The van der Waals surface area contributed by atoms with Gasteiger partial charge in [0.2, 0.25) is 11.0 Å². The molecule has 3 N–H and O–H groups in total. The number of hydrogen-bond acceptors (Lipinski definition) is 6. The van der Waals surface area contributed by atoms with Gasteiger partial charge in [-0.3, -0.25) is 4.79 Å². The number of amides is 1. The summed E-state index contributed by atoms with van der Waals surface area (Å²) in [5, 5.41) is 13.8. The average Bonchev–Trinajstić information content (AvgIpc) is 3.18. The van der Waals surface area contributed by atoms with Gasteiger partial charge in [0.25, 0.3) is 0 Å². The molecule has 7 heteroatoms. The molecule has 0 spiro atoms. The molecular weight excluding hydrogens is 328 g/mol. The van der Waals surface area contributed by atoms with E-state index in [1.807, 2.05) is 48.7 Å². The van der Waals surface area contributed by atoms with Crippen LogP contribution in [0.25, 0.3) is 0 Å². The van der Waals surface area contributed by atoms with E-state index in [9.17, 15) is 4.79 Å². The molecule has 118 valence electrons. The van der Waals surface area contributed by atoms with E-state index in [-0.39, 0.29) is 18.4 Å². The van der Waals surface area contributed by atoms with Crippen LogP contribution in [0.5, 0.6) is 0 Å². The summed E-state index contributed by atoms with van der Waals surface area (Å²) in [6.45, 7) is 2.05. The van der Waals surface area contributed by atoms with Crippen LogP contribution in [0, 0.1) is 6.92 Å². The Morgan fingerprint density at radius 2 is 2.09 bits per heavy atom. The molecular formula is C16H16N4OS2. The molecule has 1 atom stereocenters. The molecule has 0 bridgehead atoms. The molecule has 1 unspecified atom stereocenters. The van der Waals surface area contributed by atoms with Crippen molar-refractivity contribution in [2.45, 2.75) is 19.4 Å². The molecule has 0 radical (unpaired) electrons. The zero-order chi connectivity index (χ0) is 16.2. The minimum absolute atomic E-state index is 0.0946. The Hall–Kier alpha value is -2.25. The second-order valence-corrected chi connectivity index (χ2v) is 7.16. The van der Waals surface area contributed by atoms with Crippen molar-refractivity contribution in [1.82, 2.24) is 15.5 Å². The molecule has 5 nitrogen and oxygen atoms in total. The van der Waals surface area contributed by atoms with Crippen molar-refractivity contribution in [3.05, 3.63) is 62.8 Å². The first-order valence-corrected chi connectivity index (χ1v) is 8.79. The molecule has 1 aromatic carbocycles. The Labute approximate surface area is 142 Å². The summed E-state index contributed by atoms with van der Waals surface area (Å²) in [4.78, 5) is 13.5. The summed E-state index contributed by atoms with van der Waals surface area (Å²) in [6, 6.07) is 11.9. The van der Waals surface area contributed by atoms with Crippen LogP contribution in [0.1, 0.15) is 27.1 Å². The van der Waals surface area contributed by atoms with Crippen LogP contribution in [0.15, 0.2) is 41.8 Å². The predicted octanol–water partition coefficient (Wildman–Crippen LogP) is 2.94. The fraction of sp³-hybridized carbons (Fsp3) is 0.188. The van der Waals surface area contributed by atoms with Gasteiger partial charge in [0.1, 0.15) is 5.01 Å². The molecule has 0 saturated carbocycles. The number of anilines is 1. The van der Waals surface area contributed by atoms with E-state index in [0.29, 0.717) is 10.1 Å². The average molecular weight is 344 g/mol. The molecule has 0 fully saturated rings. The minimum Gasteiger partial charge on any atom is -0.374 e. The maximum absolute atomic E-state index is 12.4. The third-order valence-corrected chi connectivity index (χ3v) is 5.12. The Balaban J connectivity index is 1.82. The third-order valence-electron chi connectivity index (χ3n) is 3.43. The number of thiophene rings is 1. The predicted molar refractivity (Wildman–Crippen MR) is 93.5 cm³/mol. The van der Waals surface area contributed by atoms with Crippen molar-refractivity contribution in [2.75, 3.05) is 5.73 Å². The van der Waals surface area contributed by atoms with Crippen LogP contribution >= 0.6 is 22.7 Å². The Morgan fingerprint density at radius 1 is 1.26 bits per heavy atom. The first kappa shape index (κ1) is 15.6. The van der Waals surface area contributed by atoms with Crippen molar-refractivity contribution in [3.63, 3.8) is 0 Å². The SMILES string of the molecule is Cc1ccccc1C(NC(=O)Cc1nnc(N)s1)c1cccs1. The number of benzene rings is 1. The first-order chi connectivity index (χ1) is 11.1. The highest BCUT2D eigenvalue weighted by Gasteiger charge is 2.20. The molecule has 2 heterocycles. The standard InChI is InChI=1S/C16H16N4OS2/c1-10-5-2-3-6-11(10)15(12-7-4-8-22-12)18-13(21)9-14-19-20-16(17)23-14/h2-8,15H,9H2,1H3,(H2,17,20)(H,18,21). The van der Waals surface area contributed by atoms with Gasteiger partial charge in [0.05, 0.1) is 12.5 Å². The lowest BCUT2D eigenvalue weighted by molar-refractivity contribution is -0.120. The molecule has 1 amide bonds. The van der Waals surface area contributed by atoms with E-state index in [4.69, 9.17) is 5.73 Å². The van der Waals surface area contributed by atoms with E-state index in [1.54, 1.807) is 11.3 Å². The summed E-state index contributed by atoms with van der Waals surface area (Å²) in [5.74, 6) is -0.0946. The number of nitrogens with two attached hydrogens (primary N) is 1. The molecule has 3 rings (SSSR count). The summed E-state index contributed by atoms with van der Waals surface area (Å²) in [5.41, 5.74) is 7.80. The third kappa shape index (κ3) is 3.75. The number of hydrogen-bond donors (Lipinski definition) is 2. The summed E-state index contributed by atoms with van der Waals surface area (Å²) < 4.78 is 0. The minimum atomic E-state index is -0.158. The maximum atomic E-state index is 12.4. The number of nitrogens with one attached hydrogen (secondary N) is 1. The van der Waals surface area contributed by atoms with Crippen LogP contribution in [0.2, 0.25) is 0 Å². The van der Waals surface area contributed by atoms with Crippen LogP contribution in [0.3, 0.4) is 0 Å². The summed E-state index contributed by atoms with van der Waals surface area (Å²) in [6.07, 6.45) is 0.183. The molecule has 0 aliphatic heterocycles. The van der Waals surface area contributed by atoms with Crippen LogP contribution in [-0.4, -0.2) is 16.1 Å².